The predicted molar refractivity (Wildman–Crippen MR) is 130 cm³/mol. The van der Waals surface area contributed by atoms with Crippen molar-refractivity contribution >= 4 is 27.4 Å². The fraction of sp³-hybridized carbons (Fsp3) is 0.480. The third kappa shape index (κ3) is 4.34. The Labute approximate surface area is 200 Å². The molecule has 2 aliphatic heterocycles. The maximum atomic E-state index is 13.4. The van der Waals surface area contributed by atoms with E-state index in [2.05, 4.69) is 21.9 Å². The Morgan fingerprint density at radius 1 is 1.21 bits per heavy atom. The van der Waals surface area contributed by atoms with E-state index in [1.54, 1.807) is 30.3 Å². The van der Waals surface area contributed by atoms with Crippen molar-refractivity contribution < 1.29 is 23.1 Å². The number of likely N-dealkylation sites (tertiary alicyclic amines) is 1. The Morgan fingerprint density at radius 2 is 2.03 bits per heavy atom. The predicted octanol–water partition coefficient (Wildman–Crippen LogP) is 3.97. The Bertz CT molecular complexity index is 1200. The first-order chi connectivity index (χ1) is 16.4. The van der Waals surface area contributed by atoms with E-state index in [9.17, 15) is 18.3 Å². The molecule has 0 bridgehead atoms. The molecule has 0 aromatic heterocycles. The second-order valence-electron chi connectivity index (χ2n) is 9.37. The number of ether oxygens (including phenoxy) is 1. The number of para-hydroxylation sites is 1. The van der Waals surface area contributed by atoms with Crippen molar-refractivity contribution in [3.05, 3.63) is 47.5 Å². The van der Waals surface area contributed by atoms with Gasteiger partial charge in [0.2, 0.25) is 0 Å². The first kappa shape index (κ1) is 23.0. The molecule has 3 atom stereocenters. The van der Waals surface area contributed by atoms with Crippen molar-refractivity contribution in [1.29, 1.82) is 0 Å². The zero-order chi connectivity index (χ0) is 23.9. The highest BCUT2D eigenvalue weighted by Crippen LogP contribution is 2.55. The minimum Gasteiger partial charge on any atom is -0.492 e. The molecule has 1 saturated carbocycles. The summed E-state index contributed by atoms with van der Waals surface area (Å²) in [6.07, 6.45) is 4.28. The van der Waals surface area contributed by atoms with E-state index in [0.29, 0.717) is 36.7 Å². The molecule has 2 aromatic carbocycles. The van der Waals surface area contributed by atoms with Crippen LogP contribution in [0.3, 0.4) is 0 Å². The second-order valence-corrected chi connectivity index (χ2v) is 11.0. The molecular formula is C25H31N3O5S. The Kier molecular flexibility index (Phi) is 6.16. The maximum absolute atomic E-state index is 13.4. The average Bonchev–Trinajstić information content (AvgIpc) is 3.48. The molecule has 3 N–H and O–H groups in total. The minimum atomic E-state index is -4.04. The molecule has 1 saturated heterocycles. The summed E-state index contributed by atoms with van der Waals surface area (Å²) >= 11 is 0. The van der Waals surface area contributed by atoms with Gasteiger partial charge < -0.3 is 20.1 Å². The number of rotatable bonds is 9. The van der Waals surface area contributed by atoms with E-state index in [0.717, 1.165) is 37.9 Å². The van der Waals surface area contributed by atoms with Gasteiger partial charge in [-0.15, -0.1) is 0 Å². The van der Waals surface area contributed by atoms with Gasteiger partial charge >= 0.3 is 5.97 Å². The summed E-state index contributed by atoms with van der Waals surface area (Å²) < 4.78 is 35.0. The van der Waals surface area contributed by atoms with Gasteiger partial charge in [-0.25, -0.2) is 13.2 Å². The van der Waals surface area contributed by atoms with Crippen LogP contribution in [-0.2, 0) is 10.0 Å². The first-order valence-electron chi connectivity index (χ1n) is 12.0. The molecular weight excluding hydrogens is 454 g/mol. The van der Waals surface area contributed by atoms with Crippen molar-refractivity contribution in [2.75, 3.05) is 36.3 Å². The van der Waals surface area contributed by atoms with Gasteiger partial charge in [-0.05, 0) is 68.5 Å². The summed E-state index contributed by atoms with van der Waals surface area (Å²) in [5.41, 5.74) is 1.25. The summed E-state index contributed by atoms with van der Waals surface area (Å²) in [5, 5.41) is 13.2. The molecule has 34 heavy (non-hydrogen) atoms. The number of nitrogens with zero attached hydrogens (tertiary/aromatic N) is 1. The number of sulfonamides is 1. The normalized spacial score (nSPS) is 23.5. The Morgan fingerprint density at radius 3 is 2.82 bits per heavy atom. The van der Waals surface area contributed by atoms with E-state index in [4.69, 9.17) is 4.74 Å². The van der Waals surface area contributed by atoms with Crippen LogP contribution in [0.5, 0.6) is 5.75 Å². The lowest BCUT2D eigenvalue weighted by atomic mass is 10.0. The fourth-order valence-corrected chi connectivity index (χ4v) is 6.66. The summed E-state index contributed by atoms with van der Waals surface area (Å²) in [5.74, 6) is -0.184. The number of nitrogens with one attached hydrogen (secondary N) is 2. The van der Waals surface area contributed by atoms with Crippen LogP contribution in [-0.4, -0.2) is 56.7 Å². The highest BCUT2D eigenvalue weighted by atomic mass is 32.2. The number of carboxylic acid groups (broad SMARTS) is 1. The molecule has 1 aliphatic carbocycles. The van der Waals surface area contributed by atoms with Crippen molar-refractivity contribution in [2.45, 2.75) is 49.5 Å². The molecule has 0 spiro atoms. The lowest BCUT2D eigenvalue weighted by Gasteiger charge is -2.23. The van der Waals surface area contributed by atoms with Gasteiger partial charge in [0.15, 0.2) is 0 Å². The fourth-order valence-electron chi connectivity index (χ4n) is 5.41. The quantitative estimate of drug-likeness (QED) is 0.493. The van der Waals surface area contributed by atoms with Gasteiger partial charge in [0, 0.05) is 18.5 Å². The highest BCUT2D eigenvalue weighted by Gasteiger charge is 2.45. The number of aromatic carboxylic acids is 1. The number of anilines is 2. The molecule has 5 rings (SSSR count). The molecule has 2 aromatic rings. The van der Waals surface area contributed by atoms with E-state index >= 15 is 0 Å². The Hall–Kier alpha value is -2.78. The van der Waals surface area contributed by atoms with Crippen LogP contribution in [0.25, 0.3) is 0 Å². The molecule has 0 radical (unpaired) electrons. The first-order valence-corrected chi connectivity index (χ1v) is 13.5. The van der Waals surface area contributed by atoms with Gasteiger partial charge in [0.1, 0.15) is 16.2 Å². The zero-order valence-corrected chi connectivity index (χ0v) is 20.1. The van der Waals surface area contributed by atoms with Crippen molar-refractivity contribution in [1.82, 2.24) is 4.90 Å². The molecule has 8 nitrogen and oxygen atoms in total. The number of hydrogen-bond donors (Lipinski definition) is 3. The molecule has 0 unspecified atom stereocenters. The standard InChI is InChI=1S/C25H31N3O5S/c1-2-28-13-5-6-17(28)11-12-26-20-7-3-4-8-22(20)34(31,32)27-21-10-9-18-19-14-16(19)15-33-24(18)23(21)25(29)30/h3-4,7-10,16-17,19,26-27H,2,5-6,11-15H2,1H3,(H,29,30)/t16-,17+,19-/m1/s1. The lowest BCUT2D eigenvalue weighted by Crippen LogP contribution is -2.30. The molecule has 0 amide bonds. The molecule has 2 fully saturated rings. The van der Waals surface area contributed by atoms with Crippen LogP contribution in [0.2, 0.25) is 0 Å². The third-order valence-corrected chi connectivity index (χ3v) is 8.71. The minimum absolute atomic E-state index is 0.0182. The van der Waals surface area contributed by atoms with Crippen LogP contribution in [0.1, 0.15) is 54.4 Å². The summed E-state index contributed by atoms with van der Waals surface area (Å²) in [6, 6.07) is 10.6. The van der Waals surface area contributed by atoms with E-state index < -0.39 is 16.0 Å². The Balaban J connectivity index is 1.36. The van der Waals surface area contributed by atoms with Gasteiger partial charge in [0.05, 0.1) is 18.0 Å². The molecule has 182 valence electrons. The number of hydrogen-bond acceptors (Lipinski definition) is 6. The zero-order valence-electron chi connectivity index (χ0n) is 19.3. The van der Waals surface area contributed by atoms with Crippen LogP contribution in [0.15, 0.2) is 41.3 Å². The van der Waals surface area contributed by atoms with Gasteiger partial charge in [-0.2, -0.15) is 0 Å². The van der Waals surface area contributed by atoms with Gasteiger partial charge in [-0.1, -0.05) is 25.1 Å². The topological polar surface area (TPSA) is 108 Å². The molecule has 9 heteroatoms. The average molecular weight is 486 g/mol. The van der Waals surface area contributed by atoms with E-state index in [1.165, 1.54) is 12.5 Å². The van der Waals surface area contributed by atoms with Gasteiger partial charge in [0.25, 0.3) is 10.0 Å². The van der Waals surface area contributed by atoms with Crippen LogP contribution in [0.4, 0.5) is 11.4 Å². The van der Waals surface area contributed by atoms with Gasteiger partial charge in [-0.3, -0.25) is 4.72 Å². The summed E-state index contributed by atoms with van der Waals surface area (Å²) in [7, 11) is -4.04. The number of fused-ring (bicyclic) bond motifs is 3. The van der Waals surface area contributed by atoms with Crippen molar-refractivity contribution in [2.24, 2.45) is 5.92 Å². The number of carbonyl (C=O) groups is 1. The van der Waals surface area contributed by atoms with E-state index in [1.807, 2.05) is 0 Å². The smallest absolute Gasteiger partial charge is 0.341 e. The summed E-state index contributed by atoms with van der Waals surface area (Å²) in [6.45, 7) is 5.44. The number of carboxylic acids is 1. The van der Waals surface area contributed by atoms with E-state index in [-0.39, 0.29) is 21.9 Å². The van der Waals surface area contributed by atoms with Crippen molar-refractivity contribution in [3.8, 4) is 5.75 Å². The largest absolute Gasteiger partial charge is 0.492 e. The molecule has 3 aliphatic rings. The van der Waals surface area contributed by atoms with Crippen LogP contribution in [0, 0.1) is 5.92 Å². The maximum Gasteiger partial charge on any atom is 0.341 e. The highest BCUT2D eigenvalue weighted by molar-refractivity contribution is 7.92. The summed E-state index contributed by atoms with van der Waals surface area (Å²) in [4.78, 5) is 14.6. The number of benzene rings is 2. The SMILES string of the molecule is CCN1CCC[C@H]1CCNc1ccccc1S(=O)(=O)Nc1ccc2c(c1C(=O)O)OC[C@H]1C[C@@H]21. The van der Waals surface area contributed by atoms with Crippen LogP contribution < -0.4 is 14.8 Å². The second kappa shape index (κ2) is 9.11. The third-order valence-electron chi connectivity index (χ3n) is 7.28. The van der Waals surface area contributed by atoms with Crippen molar-refractivity contribution in [3.63, 3.8) is 0 Å². The van der Waals surface area contributed by atoms with Crippen LogP contribution >= 0.6 is 0 Å². The lowest BCUT2D eigenvalue weighted by molar-refractivity contribution is 0.0692. The molecule has 2 heterocycles. The monoisotopic (exact) mass is 485 g/mol.